The zero-order valence-corrected chi connectivity index (χ0v) is 13.4. The standard InChI is InChI=1S/C14H19BrN2O.ClH/c1-2-10-9-12(15)3-4-13(10)17-14(18)11-5-7-16-8-6-11;/h3-4,9,11,16H,2,5-8H2,1H3,(H,17,18);1H. The van der Waals surface area contributed by atoms with Crippen molar-refractivity contribution in [3.05, 3.63) is 28.2 Å². The minimum absolute atomic E-state index is 0. The number of piperidine rings is 1. The maximum Gasteiger partial charge on any atom is 0.227 e. The van der Waals surface area contributed by atoms with E-state index in [1.807, 2.05) is 12.1 Å². The van der Waals surface area contributed by atoms with Gasteiger partial charge in [-0.2, -0.15) is 0 Å². The molecule has 1 aromatic rings. The Morgan fingerprint density at radius 3 is 2.74 bits per heavy atom. The predicted molar refractivity (Wildman–Crippen MR) is 85.0 cm³/mol. The van der Waals surface area contributed by atoms with Crippen LogP contribution in [0.15, 0.2) is 22.7 Å². The van der Waals surface area contributed by atoms with E-state index in [0.29, 0.717) is 0 Å². The number of carbonyl (C=O) groups excluding carboxylic acids is 1. The van der Waals surface area contributed by atoms with Crippen LogP contribution in [-0.2, 0) is 11.2 Å². The first kappa shape index (κ1) is 16.5. The normalized spacial score (nSPS) is 15.7. The van der Waals surface area contributed by atoms with Gasteiger partial charge in [0, 0.05) is 16.1 Å². The number of halogens is 2. The third kappa shape index (κ3) is 4.48. The lowest BCUT2D eigenvalue weighted by Crippen LogP contribution is -2.34. The highest BCUT2D eigenvalue weighted by Gasteiger charge is 2.21. The van der Waals surface area contributed by atoms with Crippen molar-refractivity contribution in [2.45, 2.75) is 26.2 Å². The van der Waals surface area contributed by atoms with Crippen molar-refractivity contribution in [3.63, 3.8) is 0 Å². The van der Waals surface area contributed by atoms with E-state index in [1.54, 1.807) is 0 Å². The largest absolute Gasteiger partial charge is 0.326 e. The van der Waals surface area contributed by atoms with E-state index in [2.05, 4.69) is 39.6 Å². The Balaban J connectivity index is 0.00000180. The van der Waals surface area contributed by atoms with Gasteiger partial charge in [0.2, 0.25) is 5.91 Å². The SMILES string of the molecule is CCc1cc(Br)ccc1NC(=O)C1CCNCC1.Cl. The molecule has 0 saturated carbocycles. The molecule has 1 fully saturated rings. The summed E-state index contributed by atoms with van der Waals surface area (Å²) < 4.78 is 1.05. The van der Waals surface area contributed by atoms with Crippen LogP contribution in [0.25, 0.3) is 0 Å². The summed E-state index contributed by atoms with van der Waals surface area (Å²) in [4.78, 5) is 12.2. The van der Waals surface area contributed by atoms with Gasteiger partial charge in [-0.05, 0) is 56.1 Å². The molecular formula is C14H20BrClN2O. The fraction of sp³-hybridized carbons (Fsp3) is 0.500. The van der Waals surface area contributed by atoms with Crippen molar-refractivity contribution in [1.29, 1.82) is 0 Å². The van der Waals surface area contributed by atoms with Crippen molar-refractivity contribution in [2.75, 3.05) is 18.4 Å². The van der Waals surface area contributed by atoms with E-state index in [-0.39, 0.29) is 24.2 Å². The van der Waals surface area contributed by atoms with E-state index in [9.17, 15) is 4.79 Å². The van der Waals surface area contributed by atoms with Gasteiger partial charge in [0.1, 0.15) is 0 Å². The van der Waals surface area contributed by atoms with Gasteiger partial charge in [-0.1, -0.05) is 22.9 Å². The number of carbonyl (C=O) groups is 1. The third-order valence-electron chi connectivity index (χ3n) is 3.42. The molecule has 1 aromatic carbocycles. The Labute approximate surface area is 129 Å². The number of hydrogen-bond donors (Lipinski definition) is 2. The summed E-state index contributed by atoms with van der Waals surface area (Å²) in [5.74, 6) is 0.313. The predicted octanol–water partition coefficient (Wildman–Crippen LogP) is 3.37. The fourth-order valence-corrected chi connectivity index (χ4v) is 2.70. The van der Waals surface area contributed by atoms with E-state index in [0.717, 1.165) is 42.5 Å². The van der Waals surface area contributed by atoms with Gasteiger partial charge in [0.05, 0.1) is 0 Å². The number of aryl methyl sites for hydroxylation is 1. The second kappa shape index (κ2) is 7.88. The van der Waals surface area contributed by atoms with Crippen LogP contribution in [0.2, 0.25) is 0 Å². The Kier molecular flexibility index (Phi) is 6.83. The van der Waals surface area contributed by atoms with E-state index in [4.69, 9.17) is 0 Å². The van der Waals surface area contributed by atoms with Gasteiger partial charge in [-0.3, -0.25) is 4.79 Å². The first-order valence-corrected chi connectivity index (χ1v) is 7.30. The number of rotatable bonds is 3. The molecule has 0 radical (unpaired) electrons. The molecule has 5 heteroatoms. The topological polar surface area (TPSA) is 41.1 Å². The molecule has 0 spiro atoms. The average Bonchev–Trinajstić information content (AvgIpc) is 2.41. The average molecular weight is 348 g/mol. The maximum absolute atomic E-state index is 12.2. The monoisotopic (exact) mass is 346 g/mol. The van der Waals surface area contributed by atoms with E-state index >= 15 is 0 Å². The number of hydrogen-bond acceptors (Lipinski definition) is 2. The van der Waals surface area contributed by atoms with Crippen molar-refractivity contribution in [2.24, 2.45) is 5.92 Å². The molecule has 1 aliphatic heterocycles. The van der Waals surface area contributed by atoms with Crippen molar-refractivity contribution < 1.29 is 4.79 Å². The number of amides is 1. The fourth-order valence-electron chi connectivity index (χ4n) is 2.30. The third-order valence-corrected chi connectivity index (χ3v) is 3.91. The van der Waals surface area contributed by atoms with Crippen LogP contribution in [0.4, 0.5) is 5.69 Å². The molecule has 3 nitrogen and oxygen atoms in total. The number of benzene rings is 1. The maximum atomic E-state index is 12.2. The van der Waals surface area contributed by atoms with Gasteiger partial charge in [0.25, 0.3) is 0 Å². The Morgan fingerprint density at radius 2 is 2.11 bits per heavy atom. The number of anilines is 1. The quantitative estimate of drug-likeness (QED) is 0.880. The molecule has 106 valence electrons. The lowest BCUT2D eigenvalue weighted by Gasteiger charge is -2.22. The molecule has 0 unspecified atom stereocenters. The summed E-state index contributed by atoms with van der Waals surface area (Å²) in [5, 5.41) is 6.35. The highest BCUT2D eigenvalue weighted by molar-refractivity contribution is 9.10. The Morgan fingerprint density at radius 1 is 1.42 bits per heavy atom. The van der Waals surface area contributed by atoms with Crippen LogP contribution < -0.4 is 10.6 Å². The van der Waals surface area contributed by atoms with Crippen LogP contribution in [0.5, 0.6) is 0 Å². The molecular weight excluding hydrogens is 328 g/mol. The molecule has 1 aliphatic rings. The highest BCUT2D eigenvalue weighted by Crippen LogP contribution is 2.23. The second-order valence-electron chi connectivity index (χ2n) is 4.67. The van der Waals surface area contributed by atoms with Gasteiger partial charge in [-0.25, -0.2) is 0 Å². The Bertz CT molecular complexity index is 433. The zero-order chi connectivity index (χ0) is 13.0. The first-order valence-electron chi connectivity index (χ1n) is 6.50. The molecule has 2 rings (SSSR count). The van der Waals surface area contributed by atoms with Crippen LogP contribution in [-0.4, -0.2) is 19.0 Å². The first-order chi connectivity index (χ1) is 8.70. The van der Waals surface area contributed by atoms with Crippen LogP contribution in [0.3, 0.4) is 0 Å². The molecule has 1 heterocycles. The van der Waals surface area contributed by atoms with E-state index in [1.165, 1.54) is 5.56 Å². The summed E-state index contributed by atoms with van der Waals surface area (Å²) in [6.07, 6.45) is 2.79. The zero-order valence-electron chi connectivity index (χ0n) is 11.0. The van der Waals surface area contributed by atoms with Crippen molar-refractivity contribution in [3.8, 4) is 0 Å². The molecule has 0 atom stereocenters. The summed E-state index contributed by atoms with van der Waals surface area (Å²) in [6, 6.07) is 6.01. The molecule has 0 bridgehead atoms. The van der Waals surface area contributed by atoms with Gasteiger partial charge < -0.3 is 10.6 Å². The molecule has 0 aliphatic carbocycles. The Hall–Kier alpha value is -0.580. The lowest BCUT2D eigenvalue weighted by atomic mass is 9.97. The smallest absolute Gasteiger partial charge is 0.227 e. The summed E-state index contributed by atoms with van der Waals surface area (Å²) in [5.41, 5.74) is 2.12. The van der Waals surface area contributed by atoms with Gasteiger partial charge >= 0.3 is 0 Å². The van der Waals surface area contributed by atoms with Gasteiger partial charge in [-0.15, -0.1) is 12.4 Å². The molecule has 0 aromatic heterocycles. The second-order valence-corrected chi connectivity index (χ2v) is 5.58. The highest BCUT2D eigenvalue weighted by atomic mass is 79.9. The number of nitrogens with one attached hydrogen (secondary N) is 2. The van der Waals surface area contributed by atoms with Gasteiger partial charge in [0.15, 0.2) is 0 Å². The molecule has 19 heavy (non-hydrogen) atoms. The van der Waals surface area contributed by atoms with Crippen LogP contribution >= 0.6 is 28.3 Å². The van der Waals surface area contributed by atoms with Crippen LogP contribution in [0, 0.1) is 5.92 Å². The molecule has 2 N–H and O–H groups in total. The minimum Gasteiger partial charge on any atom is -0.326 e. The summed E-state index contributed by atoms with van der Waals surface area (Å²) >= 11 is 3.46. The lowest BCUT2D eigenvalue weighted by molar-refractivity contribution is -0.120. The van der Waals surface area contributed by atoms with Crippen molar-refractivity contribution in [1.82, 2.24) is 5.32 Å². The summed E-state index contributed by atoms with van der Waals surface area (Å²) in [7, 11) is 0. The van der Waals surface area contributed by atoms with Crippen molar-refractivity contribution >= 4 is 39.9 Å². The van der Waals surface area contributed by atoms with Crippen LogP contribution in [0.1, 0.15) is 25.3 Å². The molecule has 1 saturated heterocycles. The minimum atomic E-state index is 0. The summed E-state index contributed by atoms with van der Waals surface area (Å²) in [6.45, 7) is 3.99. The van der Waals surface area contributed by atoms with E-state index < -0.39 is 0 Å². The molecule has 1 amide bonds.